The number of para-hydroxylation sites is 1. The van der Waals surface area contributed by atoms with E-state index in [1.165, 1.54) is 58.5 Å². The Kier molecular flexibility index (Phi) is 13.2. The predicted molar refractivity (Wildman–Crippen MR) is 155 cm³/mol. The number of phosphoric ester groups is 1. The average molecular weight is 564 g/mol. The van der Waals surface area contributed by atoms with Gasteiger partial charge in [0.2, 0.25) is 5.75 Å². The molecule has 1 aliphatic heterocycles. The van der Waals surface area contributed by atoms with Crippen molar-refractivity contribution in [1.82, 2.24) is 4.90 Å². The second-order valence-electron chi connectivity index (χ2n) is 9.44. The molecule has 2 aromatic carbocycles. The summed E-state index contributed by atoms with van der Waals surface area (Å²) in [5.41, 5.74) is 0.967. The van der Waals surface area contributed by atoms with E-state index in [4.69, 9.17) is 18.5 Å². The lowest BCUT2D eigenvalue weighted by atomic mass is 10.1. The van der Waals surface area contributed by atoms with Crippen LogP contribution in [0.15, 0.2) is 54.1 Å². The minimum atomic E-state index is -4.48. The molecule has 38 heavy (non-hydrogen) atoms. The van der Waals surface area contributed by atoms with Crippen LogP contribution < -0.4 is 18.5 Å². The van der Waals surface area contributed by atoms with Crippen molar-refractivity contribution in [3.05, 3.63) is 59.6 Å². The van der Waals surface area contributed by atoms with Crippen molar-refractivity contribution < 1.29 is 28.0 Å². The highest BCUT2D eigenvalue weighted by molar-refractivity contribution is 8.02. The van der Waals surface area contributed by atoms with Crippen molar-refractivity contribution in [2.75, 3.05) is 19.6 Å². The van der Waals surface area contributed by atoms with Crippen LogP contribution in [-0.2, 0) is 11.1 Å². The fraction of sp³-hybridized carbons (Fsp3) is 0.517. The molecule has 0 aromatic heterocycles. The number of hydrogen-bond donors (Lipinski definition) is 1. The van der Waals surface area contributed by atoms with Crippen molar-refractivity contribution in [2.45, 2.75) is 77.7 Å². The first kappa shape index (κ1) is 30.3. The van der Waals surface area contributed by atoms with Gasteiger partial charge in [-0.15, -0.1) is 11.8 Å². The van der Waals surface area contributed by atoms with Crippen LogP contribution in [0.25, 0.3) is 0 Å². The van der Waals surface area contributed by atoms with Gasteiger partial charge in [-0.25, -0.2) is 4.57 Å². The Morgan fingerprint density at radius 2 is 1.61 bits per heavy atom. The molecule has 0 amide bonds. The van der Waals surface area contributed by atoms with E-state index < -0.39 is 7.82 Å². The quantitative estimate of drug-likeness (QED) is 0.135. The molecule has 0 radical (unpaired) electrons. The lowest BCUT2D eigenvalue weighted by Gasteiger charge is -2.18. The number of benzene rings is 2. The second kappa shape index (κ2) is 16.6. The largest absolute Gasteiger partial charge is 0.585 e. The van der Waals surface area contributed by atoms with Gasteiger partial charge >= 0.3 is 7.82 Å². The highest BCUT2D eigenvalue weighted by Crippen LogP contribution is 2.49. The van der Waals surface area contributed by atoms with Crippen LogP contribution >= 0.6 is 19.6 Å². The van der Waals surface area contributed by atoms with Crippen LogP contribution in [0.5, 0.6) is 23.0 Å². The number of methoxy groups -OCH3 is 1. The van der Waals surface area contributed by atoms with Gasteiger partial charge in [0, 0.05) is 12.7 Å². The number of ether oxygens (including phenoxy) is 2. The Labute approximate surface area is 232 Å². The van der Waals surface area contributed by atoms with Crippen molar-refractivity contribution in [3.8, 4) is 23.0 Å². The summed E-state index contributed by atoms with van der Waals surface area (Å²) in [7, 11) is -3.00. The van der Waals surface area contributed by atoms with E-state index in [0.29, 0.717) is 18.9 Å². The van der Waals surface area contributed by atoms with Gasteiger partial charge in [-0.3, -0.25) is 4.89 Å². The summed E-state index contributed by atoms with van der Waals surface area (Å²) in [6.45, 7) is 3.47. The van der Waals surface area contributed by atoms with Gasteiger partial charge in [0.15, 0.2) is 11.5 Å². The first-order chi connectivity index (χ1) is 18.5. The van der Waals surface area contributed by atoms with Gasteiger partial charge in [-0.05, 0) is 41.7 Å². The Bertz CT molecular complexity index is 1050. The van der Waals surface area contributed by atoms with E-state index in [1.807, 2.05) is 17.7 Å². The van der Waals surface area contributed by atoms with Crippen molar-refractivity contribution in [3.63, 3.8) is 0 Å². The third-order valence-corrected chi connectivity index (χ3v) is 7.89. The Balaban J connectivity index is 1.46. The van der Waals surface area contributed by atoms with Crippen LogP contribution in [0.2, 0.25) is 0 Å². The Hall–Kier alpha value is -2.28. The maximum atomic E-state index is 12.8. The van der Waals surface area contributed by atoms with Crippen molar-refractivity contribution in [2.24, 2.45) is 0 Å². The maximum absolute atomic E-state index is 12.8. The summed E-state index contributed by atoms with van der Waals surface area (Å²) < 4.78 is 35.0. The molecule has 1 heterocycles. The molecule has 0 aliphatic carbocycles. The third kappa shape index (κ3) is 10.8. The molecule has 0 saturated carbocycles. The van der Waals surface area contributed by atoms with E-state index in [2.05, 4.69) is 11.8 Å². The molecule has 3 rings (SSSR count). The molecule has 9 heteroatoms. The van der Waals surface area contributed by atoms with Gasteiger partial charge in [0.25, 0.3) is 0 Å². The first-order valence-corrected chi connectivity index (χ1v) is 16.2. The van der Waals surface area contributed by atoms with Crippen molar-refractivity contribution >= 4 is 19.6 Å². The molecule has 1 aliphatic rings. The molecule has 2 aromatic rings. The Morgan fingerprint density at radius 3 is 2.29 bits per heavy atom. The minimum Gasteiger partial charge on any atom is -0.490 e. The van der Waals surface area contributed by atoms with E-state index in [-0.39, 0.29) is 17.2 Å². The number of nitrogens with zero attached hydrogens (tertiary/aromatic N) is 1. The maximum Gasteiger partial charge on any atom is 0.585 e. The van der Waals surface area contributed by atoms with Gasteiger partial charge in [0.1, 0.15) is 5.75 Å². The molecule has 0 bridgehead atoms. The van der Waals surface area contributed by atoms with Crippen LogP contribution in [0.1, 0.15) is 76.7 Å². The molecular weight excluding hydrogens is 521 g/mol. The molecular formula is C29H42NO6PS. The van der Waals surface area contributed by atoms with E-state index >= 15 is 0 Å². The third-order valence-electron chi connectivity index (χ3n) is 6.23. The molecule has 1 N–H and O–H groups in total. The van der Waals surface area contributed by atoms with Gasteiger partial charge in [-0.1, -0.05) is 82.9 Å². The molecule has 0 spiro atoms. The van der Waals surface area contributed by atoms with Gasteiger partial charge in [-0.2, -0.15) is 0 Å². The van der Waals surface area contributed by atoms with Crippen LogP contribution in [-0.4, -0.2) is 29.4 Å². The number of phosphoric acid groups is 1. The predicted octanol–water partition coefficient (Wildman–Crippen LogP) is 8.53. The zero-order valence-electron chi connectivity index (χ0n) is 22.7. The molecule has 0 fully saturated rings. The molecule has 1 unspecified atom stereocenters. The van der Waals surface area contributed by atoms with E-state index in [1.54, 1.807) is 48.2 Å². The number of hydrogen-bond acceptors (Lipinski definition) is 7. The number of thioether (sulfide) groups is 1. The topological polar surface area (TPSA) is 77.5 Å². The summed E-state index contributed by atoms with van der Waals surface area (Å²) in [6.07, 6.45) is 14.5. The second-order valence-corrected chi connectivity index (χ2v) is 11.6. The zero-order valence-corrected chi connectivity index (χ0v) is 24.4. The minimum absolute atomic E-state index is 0.0919. The normalized spacial score (nSPS) is 14.3. The highest BCUT2D eigenvalue weighted by atomic mass is 32.2. The van der Waals surface area contributed by atoms with Gasteiger partial charge in [0.05, 0.1) is 19.6 Å². The van der Waals surface area contributed by atoms with E-state index in [9.17, 15) is 9.46 Å². The summed E-state index contributed by atoms with van der Waals surface area (Å²) in [5.74, 6) is 1.97. The summed E-state index contributed by atoms with van der Waals surface area (Å²) in [6, 6.07) is 12.1. The van der Waals surface area contributed by atoms with Crippen molar-refractivity contribution in [1.29, 1.82) is 0 Å². The highest BCUT2D eigenvalue weighted by Gasteiger charge is 2.28. The average Bonchev–Trinajstić information content (AvgIpc) is 3.40. The molecule has 0 saturated heterocycles. The monoisotopic (exact) mass is 563 g/mol. The van der Waals surface area contributed by atoms with E-state index in [0.717, 1.165) is 24.3 Å². The molecule has 7 nitrogen and oxygen atoms in total. The fourth-order valence-electron chi connectivity index (χ4n) is 4.27. The first-order valence-electron chi connectivity index (χ1n) is 13.6. The number of rotatable bonds is 19. The smallest absolute Gasteiger partial charge is 0.490 e. The Morgan fingerprint density at radius 1 is 0.921 bits per heavy atom. The summed E-state index contributed by atoms with van der Waals surface area (Å²) in [4.78, 5) is 12.6. The lowest BCUT2D eigenvalue weighted by molar-refractivity contribution is 0.267. The fourth-order valence-corrected chi connectivity index (χ4v) is 5.80. The standard InChI is InChI=1S/C29H42NO6PS/c1-3-4-5-6-7-8-9-10-11-12-20-34-27-17-14-18-28(29(27)33-2)36-37(31,32)35-26-16-13-15-25(22-26)23-30-19-21-38-24-30/h13-19,21-22H,3-12,20,23-24H2,1-2H3,(H,31,32). The number of unbranched alkanes of at least 4 members (excludes halogenated alkanes) is 9. The summed E-state index contributed by atoms with van der Waals surface area (Å²) in [5, 5.41) is 2.04. The van der Waals surface area contributed by atoms with Crippen LogP contribution in [0.4, 0.5) is 0 Å². The molecule has 210 valence electrons. The van der Waals surface area contributed by atoms with Gasteiger partial charge < -0.3 is 23.4 Å². The lowest BCUT2D eigenvalue weighted by Crippen LogP contribution is -2.12. The van der Waals surface area contributed by atoms with Crippen LogP contribution in [0.3, 0.4) is 0 Å². The summed E-state index contributed by atoms with van der Waals surface area (Å²) >= 11 is 1.72. The zero-order chi connectivity index (χ0) is 27.1. The SMILES string of the molecule is CCCCCCCCCCCCOc1cccc(OP(=O)(O)Oc2cccc(CN3C=CSC3)c2)c1OC. The molecule has 1 atom stereocenters. The van der Waals surface area contributed by atoms with Crippen LogP contribution in [0, 0.1) is 0 Å².